The van der Waals surface area contributed by atoms with Crippen LogP contribution in [-0.4, -0.2) is 23.3 Å². The highest BCUT2D eigenvalue weighted by atomic mass is 16.3. The van der Waals surface area contributed by atoms with Crippen LogP contribution >= 0.6 is 0 Å². The van der Waals surface area contributed by atoms with Gasteiger partial charge in [-0.25, -0.2) is 0 Å². The van der Waals surface area contributed by atoms with Gasteiger partial charge in [0.25, 0.3) is 0 Å². The van der Waals surface area contributed by atoms with Gasteiger partial charge < -0.3 is 5.11 Å². The Labute approximate surface area is 163 Å². The molecule has 3 heteroatoms. The Kier molecular flexibility index (Phi) is 5.37. The van der Waals surface area contributed by atoms with Gasteiger partial charge in [0.2, 0.25) is 0 Å². The first-order valence-electron chi connectivity index (χ1n) is 10.6. The summed E-state index contributed by atoms with van der Waals surface area (Å²) in [4.78, 5) is 24.2. The first kappa shape index (κ1) is 20.3. The van der Waals surface area contributed by atoms with Gasteiger partial charge in [0.05, 0.1) is 0 Å². The van der Waals surface area contributed by atoms with Crippen molar-refractivity contribution in [1.82, 2.24) is 0 Å². The van der Waals surface area contributed by atoms with Crippen LogP contribution in [0.4, 0.5) is 0 Å². The zero-order valence-corrected chi connectivity index (χ0v) is 17.4. The molecule has 0 bridgehead atoms. The molecule has 4 aliphatic carbocycles. The van der Waals surface area contributed by atoms with Gasteiger partial charge in [-0.05, 0) is 67.9 Å². The highest BCUT2D eigenvalue weighted by molar-refractivity contribution is 6.01. The van der Waals surface area contributed by atoms with Crippen molar-refractivity contribution in [3.05, 3.63) is 35.5 Å². The molecule has 0 aliphatic heterocycles. The van der Waals surface area contributed by atoms with Crippen LogP contribution in [0.5, 0.6) is 0 Å². The molecule has 5 unspecified atom stereocenters. The smallest absolute Gasteiger partial charge is 0.178 e. The van der Waals surface area contributed by atoms with E-state index in [0.717, 1.165) is 25.7 Å². The number of carbonyl (C=O) groups is 2. The van der Waals surface area contributed by atoms with Crippen molar-refractivity contribution < 1.29 is 14.7 Å². The van der Waals surface area contributed by atoms with E-state index in [9.17, 15) is 14.7 Å². The lowest BCUT2D eigenvalue weighted by atomic mass is 9.52. The number of carbonyl (C=O) groups excluding carboxylic acids is 2. The zero-order chi connectivity index (χ0) is 20.0. The molecular formula is C24H34O3. The summed E-state index contributed by atoms with van der Waals surface area (Å²) in [5.74, 6) is 1.39. The lowest BCUT2D eigenvalue weighted by molar-refractivity contribution is -0.131. The second-order valence-corrected chi connectivity index (χ2v) is 9.04. The molecule has 0 spiro atoms. The number of allylic oxidation sites excluding steroid dienone is 6. The number of ketones is 2. The molecule has 2 saturated carbocycles. The van der Waals surface area contributed by atoms with Crippen molar-refractivity contribution in [2.75, 3.05) is 6.61 Å². The minimum atomic E-state index is -0.339. The molecule has 27 heavy (non-hydrogen) atoms. The first-order valence-corrected chi connectivity index (χ1v) is 10.6. The molecule has 6 atom stereocenters. The average Bonchev–Trinajstić information content (AvgIpc) is 2.93. The maximum Gasteiger partial charge on any atom is 0.178 e. The van der Waals surface area contributed by atoms with Gasteiger partial charge in [0.15, 0.2) is 11.6 Å². The highest BCUT2D eigenvalue weighted by Gasteiger charge is 2.59. The van der Waals surface area contributed by atoms with Crippen LogP contribution < -0.4 is 0 Å². The van der Waals surface area contributed by atoms with E-state index in [4.69, 9.17) is 0 Å². The van der Waals surface area contributed by atoms with E-state index in [0.29, 0.717) is 17.8 Å². The van der Waals surface area contributed by atoms with Crippen LogP contribution in [0.15, 0.2) is 35.5 Å². The number of hydrogen-bond donors (Lipinski definition) is 1. The fourth-order valence-corrected chi connectivity index (χ4v) is 6.67. The van der Waals surface area contributed by atoms with Crippen molar-refractivity contribution >= 4 is 11.6 Å². The van der Waals surface area contributed by atoms with E-state index < -0.39 is 0 Å². The fraction of sp³-hybridized carbons (Fsp3) is 0.667. The summed E-state index contributed by atoms with van der Waals surface area (Å²) in [6.45, 7) is 10.3. The highest BCUT2D eigenvalue weighted by Crippen LogP contribution is 2.65. The third kappa shape index (κ3) is 2.90. The maximum atomic E-state index is 12.4. The number of aliphatic hydroxyl groups is 1. The third-order valence-electron chi connectivity index (χ3n) is 7.79. The van der Waals surface area contributed by atoms with Crippen LogP contribution in [0.25, 0.3) is 0 Å². The molecule has 2 fully saturated rings. The largest absolute Gasteiger partial charge is 0.389 e. The minimum Gasteiger partial charge on any atom is -0.389 e. The Bertz CT molecular complexity index is 728. The Morgan fingerprint density at radius 1 is 1.30 bits per heavy atom. The Morgan fingerprint density at radius 2 is 2.00 bits per heavy atom. The standard InChI is InChI=1S/C22H28O3.C2H6/c1-13-10-18-16-5-4-14-11-15(24)6-8-21(14,2)17(16)7-9-22(18,3)20(13)19(25)12-23;1-2/h6-8,11,13,16,18,20,23H,4-5,9-10,12H2,1-3H3;1-2H3/t13-,16?,18?,20?,21?,22?;/m1./s1. The normalized spacial score (nSPS) is 42.1. The summed E-state index contributed by atoms with van der Waals surface area (Å²) in [5, 5.41) is 9.46. The van der Waals surface area contributed by atoms with Crippen LogP contribution in [0.3, 0.4) is 0 Å². The summed E-state index contributed by atoms with van der Waals surface area (Å²) in [7, 11) is 0. The SMILES string of the molecule is CC.C[C@@H]1CC2C3CCC4=CC(=O)C=CC4(C)C3=CCC2(C)C1C(=O)CO. The van der Waals surface area contributed by atoms with Crippen molar-refractivity contribution in [3.8, 4) is 0 Å². The van der Waals surface area contributed by atoms with E-state index in [1.165, 1.54) is 11.1 Å². The van der Waals surface area contributed by atoms with Gasteiger partial charge in [0, 0.05) is 11.3 Å². The van der Waals surface area contributed by atoms with Crippen LogP contribution in [0, 0.1) is 34.5 Å². The van der Waals surface area contributed by atoms with E-state index in [1.807, 2.05) is 19.9 Å². The topological polar surface area (TPSA) is 54.4 Å². The zero-order valence-electron chi connectivity index (χ0n) is 17.4. The van der Waals surface area contributed by atoms with Crippen molar-refractivity contribution in [2.24, 2.45) is 34.5 Å². The summed E-state index contributed by atoms with van der Waals surface area (Å²) < 4.78 is 0. The second kappa shape index (κ2) is 7.16. The van der Waals surface area contributed by atoms with Gasteiger partial charge >= 0.3 is 0 Å². The number of Topliss-reactive ketones (excluding diaryl/α,β-unsaturated/α-hetero) is 1. The number of aliphatic hydroxyl groups excluding tert-OH is 1. The third-order valence-corrected chi connectivity index (χ3v) is 7.79. The molecule has 4 rings (SSSR count). The van der Waals surface area contributed by atoms with Gasteiger partial charge in [-0.15, -0.1) is 0 Å². The lowest BCUT2D eigenvalue weighted by Crippen LogP contribution is -2.45. The van der Waals surface area contributed by atoms with Gasteiger partial charge in [0.1, 0.15) is 6.61 Å². The van der Waals surface area contributed by atoms with Gasteiger partial charge in [-0.3, -0.25) is 9.59 Å². The van der Waals surface area contributed by atoms with E-state index in [1.54, 1.807) is 6.08 Å². The molecule has 0 amide bonds. The minimum absolute atomic E-state index is 0.0140. The predicted molar refractivity (Wildman–Crippen MR) is 108 cm³/mol. The molecule has 0 aromatic heterocycles. The second-order valence-electron chi connectivity index (χ2n) is 9.04. The van der Waals surface area contributed by atoms with Crippen molar-refractivity contribution in [2.45, 2.75) is 60.3 Å². The molecule has 0 aromatic carbocycles. The van der Waals surface area contributed by atoms with E-state index in [2.05, 4.69) is 32.9 Å². The lowest BCUT2D eigenvalue weighted by Gasteiger charge is -2.52. The maximum absolute atomic E-state index is 12.4. The fourth-order valence-electron chi connectivity index (χ4n) is 6.67. The Hall–Kier alpha value is -1.48. The summed E-state index contributed by atoms with van der Waals surface area (Å²) in [6, 6.07) is 0. The van der Waals surface area contributed by atoms with E-state index >= 15 is 0 Å². The molecule has 0 heterocycles. The van der Waals surface area contributed by atoms with Crippen LogP contribution in [-0.2, 0) is 9.59 Å². The molecule has 0 saturated heterocycles. The number of hydrogen-bond acceptors (Lipinski definition) is 3. The van der Waals surface area contributed by atoms with E-state index in [-0.39, 0.29) is 34.9 Å². The van der Waals surface area contributed by atoms with Crippen molar-refractivity contribution in [1.29, 1.82) is 0 Å². The number of rotatable bonds is 2. The predicted octanol–water partition coefficient (Wildman–Crippen LogP) is 4.66. The summed E-state index contributed by atoms with van der Waals surface area (Å²) >= 11 is 0. The molecule has 148 valence electrons. The molecule has 4 aliphatic rings. The van der Waals surface area contributed by atoms with Gasteiger partial charge in [-0.1, -0.05) is 51.0 Å². The monoisotopic (exact) mass is 370 g/mol. The van der Waals surface area contributed by atoms with Gasteiger partial charge in [-0.2, -0.15) is 0 Å². The molecule has 1 N–H and O–H groups in total. The first-order chi connectivity index (χ1) is 12.8. The molecule has 0 aromatic rings. The summed E-state index contributed by atoms with van der Waals surface area (Å²) in [5.41, 5.74) is 2.54. The quantitative estimate of drug-likeness (QED) is 0.719. The summed E-state index contributed by atoms with van der Waals surface area (Å²) in [6.07, 6.45) is 12.0. The van der Waals surface area contributed by atoms with Crippen molar-refractivity contribution in [3.63, 3.8) is 0 Å². The van der Waals surface area contributed by atoms with Crippen LogP contribution in [0.2, 0.25) is 0 Å². The molecular weight excluding hydrogens is 336 g/mol. The molecule has 3 nitrogen and oxygen atoms in total. The Morgan fingerprint density at radius 3 is 2.67 bits per heavy atom. The Balaban J connectivity index is 0.00000102. The van der Waals surface area contributed by atoms with Crippen LogP contribution in [0.1, 0.15) is 60.3 Å². The average molecular weight is 371 g/mol. The molecule has 0 radical (unpaired) electrons. The number of fused-ring (bicyclic) bond motifs is 5.